The predicted molar refractivity (Wildman–Crippen MR) is 112 cm³/mol. The molecular weight excluding hydrogens is 388 g/mol. The first kappa shape index (κ1) is 20.7. The van der Waals surface area contributed by atoms with Crippen LogP contribution in [-0.2, 0) is 23.6 Å². The highest BCUT2D eigenvalue weighted by Gasteiger charge is 2.13. The van der Waals surface area contributed by atoms with E-state index < -0.39 is 23.1 Å². The smallest absolute Gasteiger partial charge is 0.332 e. The van der Waals surface area contributed by atoms with Gasteiger partial charge in [-0.25, -0.2) is 14.6 Å². The first-order valence-corrected chi connectivity index (χ1v) is 9.14. The van der Waals surface area contributed by atoms with Crippen LogP contribution >= 0.6 is 0 Å². The van der Waals surface area contributed by atoms with Crippen molar-refractivity contribution in [3.8, 4) is 0 Å². The summed E-state index contributed by atoms with van der Waals surface area (Å²) in [5.41, 5.74) is 0.670. The Balaban J connectivity index is 1.81. The number of rotatable bonds is 5. The quantitative estimate of drug-likeness (QED) is 0.505. The third kappa shape index (κ3) is 4.19. The summed E-state index contributed by atoms with van der Waals surface area (Å²) in [6.45, 7) is 2.04. The Kier molecular flexibility index (Phi) is 5.91. The number of ether oxygens (including phenoxy) is 1. The summed E-state index contributed by atoms with van der Waals surface area (Å²) in [4.78, 5) is 52.4. The van der Waals surface area contributed by atoms with Gasteiger partial charge >= 0.3 is 11.7 Å². The first-order chi connectivity index (χ1) is 14.3. The molecule has 9 heteroatoms. The van der Waals surface area contributed by atoms with Gasteiger partial charge in [0.2, 0.25) is 0 Å². The van der Waals surface area contributed by atoms with Crippen molar-refractivity contribution >= 4 is 34.7 Å². The maximum atomic E-state index is 12.6. The molecule has 0 fully saturated rings. The normalized spacial score (nSPS) is 11.0. The summed E-state index contributed by atoms with van der Waals surface area (Å²) in [5.74, 6) is -0.877. The van der Waals surface area contributed by atoms with Gasteiger partial charge in [0.25, 0.3) is 11.5 Å². The number of fused-ring (bicyclic) bond motifs is 1. The summed E-state index contributed by atoms with van der Waals surface area (Å²) in [5, 5.41) is 2.90. The molecule has 0 unspecified atom stereocenters. The molecule has 0 spiro atoms. The van der Waals surface area contributed by atoms with Gasteiger partial charge in [0.15, 0.2) is 0 Å². The molecule has 1 N–H and O–H groups in total. The molecule has 3 aromatic rings. The van der Waals surface area contributed by atoms with Crippen LogP contribution in [0.4, 0.5) is 5.69 Å². The number of aryl methyl sites for hydroxylation is 1. The highest BCUT2D eigenvalue weighted by atomic mass is 16.5. The Morgan fingerprint density at radius 1 is 1.13 bits per heavy atom. The molecule has 0 atom stereocenters. The molecule has 154 valence electrons. The van der Waals surface area contributed by atoms with Gasteiger partial charge in [-0.2, -0.15) is 0 Å². The SMILES string of the molecule is CCOC(=O)/C=C/c1ccc(NC(=O)c2cnc3c(c2)c(=O)n(C)c(=O)n3C)cc1. The Hall–Kier alpha value is -4.01. The molecule has 30 heavy (non-hydrogen) atoms. The number of carbonyl (C=O) groups is 2. The number of anilines is 1. The molecular formula is C21H20N4O5. The van der Waals surface area contributed by atoms with Gasteiger partial charge in [-0.15, -0.1) is 0 Å². The second kappa shape index (κ2) is 8.56. The van der Waals surface area contributed by atoms with Crippen molar-refractivity contribution in [3.05, 3.63) is 74.6 Å². The Morgan fingerprint density at radius 2 is 1.83 bits per heavy atom. The van der Waals surface area contributed by atoms with E-state index in [1.54, 1.807) is 37.3 Å². The summed E-state index contributed by atoms with van der Waals surface area (Å²) in [6.07, 6.45) is 4.25. The number of hydrogen-bond acceptors (Lipinski definition) is 6. The standard InChI is InChI=1S/C21H20N4O5/c1-4-30-17(26)10-7-13-5-8-15(9-6-13)23-19(27)14-11-16-18(22-12-14)24(2)21(29)25(3)20(16)28/h5-12H,4H2,1-3H3,(H,23,27)/b10-7+. The Bertz CT molecular complexity index is 1270. The molecule has 0 aliphatic rings. The average Bonchev–Trinajstić information content (AvgIpc) is 2.75. The van der Waals surface area contributed by atoms with Crippen molar-refractivity contribution in [3.63, 3.8) is 0 Å². The molecule has 0 aliphatic carbocycles. The molecule has 0 bridgehead atoms. The number of nitrogens with one attached hydrogen (secondary N) is 1. The molecule has 0 saturated carbocycles. The van der Waals surface area contributed by atoms with E-state index in [-0.39, 0.29) is 16.6 Å². The maximum Gasteiger partial charge on any atom is 0.332 e. The largest absolute Gasteiger partial charge is 0.463 e. The number of hydrogen-bond donors (Lipinski definition) is 1. The van der Waals surface area contributed by atoms with E-state index in [0.29, 0.717) is 12.3 Å². The molecule has 0 saturated heterocycles. The van der Waals surface area contributed by atoms with Gasteiger partial charge in [-0.1, -0.05) is 12.1 Å². The minimum absolute atomic E-state index is 0.173. The van der Waals surface area contributed by atoms with Crippen molar-refractivity contribution in [1.29, 1.82) is 0 Å². The number of carbonyl (C=O) groups excluding carboxylic acids is 2. The lowest BCUT2D eigenvalue weighted by atomic mass is 10.1. The van der Waals surface area contributed by atoms with Crippen molar-refractivity contribution in [2.45, 2.75) is 6.92 Å². The third-order valence-corrected chi connectivity index (χ3v) is 4.42. The lowest BCUT2D eigenvalue weighted by Crippen LogP contribution is -2.37. The van der Waals surface area contributed by atoms with Gasteiger partial charge < -0.3 is 10.1 Å². The van der Waals surface area contributed by atoms with E-state index in [2.05, 4.69) is 10.3 Å². The summed E-state index contributed by atoms with van der Waals surface area (Å²) in [6, 6.07) is 8.24. The van der Waals surface area contributed by atoms with Crippen LogP contribution in [0, 0.1) is 0 Å². The van der Waals surface area contributed by atoms with Crippen molar-refractivity contribution in [1.82, 2.24) is 14.1 Å². The number of nitrogens with zero attached hydrogens (tertiary/aromatic N) is 3. The molecule has 2 heterocycles. The van der Waals surface area contributed by atoms with Crippen LogP contribution < -0.4 is 16.6 Å². The molecule has 9 nitrogen and oxygen atoms in total. The Labute approximate surface area is 171 Å². The minimum Gasteiger partial charge on any atom is -0.463 e. The molecule has 2 aromatic heterocycles. The molecule has 1 aromatic carbocycles. The average molecular weight is 408 g/mol. The second-order valence-corrected chi connectivity index (χ2v) is 6.46. The van der Waals surface area contributed by atoms with E-state index in [1.807, 2.05) is 0 Å². The zero-order chi connectivity index (χ0) is 21.8. The lowest BCUT2D eigenvalue weighted by molar-refractivity contribution is -0.137. The minimum atomic E-state index is -0.520. The van der Waals surface area contributed by atoms with Crippen molar-refractivity contribution in [2.24, 2.45) is 14.1 Å². The predicted octanol–water partition coefficient (Wildman–Crippen LogP) is 1.46. The van der Waals surface area contributed by atoms with Crippen LogP contribution in [0.5, 0.6) is 0 Å². The monoisotopic (exact) mass is 408 g/mol. The molecule has 3 rings (SSSR count). The number of amides is 1. The van der Waals surface area contributed by atoms with Crippen LogP contribution in [0.3, 0.4) is 0 Å². The zero-order valence-corrected chi connectivity index (χ0v) is 16.7. The van der Waals surface area contributed by atoms with Gasteiger partial charge in [-0.05, 0) is 36.8 Å². The highest BCUT2D eigenvalue weighted by molar-refractivity contribution is 6.05. The highest BCUT2D eigenvalue weighted by Crippen LogP contribution is 2.14. The summed E-state index contributed by atoms with van der Waals surface area (Å²) >= 11 is 0. The van der Waals surface area contributed by atoms with Crippen LogP contribution in [0.2, 0.25) is 0 Å². The maximum absolute atomic E-state index is 12.6. The van der Waals surface area contributed by atoms with Crippen LogP contribution in [-0.4, -0.2) is 32.6 Å². The second-order valence-electron chi connectivity index (χ2n) is 6.46. The van der Waals surface area contributed by atoms with E-state index in [9.17, 15) is 19.2 Å². The van der Waals surface area contributed by atoms with Crippen LogP contribution in [0.1, 0.15) is 22.8 Å². The van der Waals surface area contributed by atoms with Crippen molar-refractivity contribution < 1.29 is 14.3 Å². The van der Waals surface area contributed by atoms with E-state index in [4.69, 9.17) is 4.74 Å². The topological polar surface area (TPSA) is 112 Å². The number of pyridine rings is 1. The molecule has 1 amide bonds. The fraction of sp³-hybridized carbons (Fsp3) is 0.190. The van der Waals surface area contributed by atoms with E-state index in [1.165, 1.54) is 37.0 Å². The number of aromatic nitrogens is 3. The Morgan fingerprint density at radius 3 is 2.50 bits per heavy atom. The van der Waals surface area contributed by atoms with Crippen molar-refractivity contribution in [2.75, 3.05) is 11.9 Å². The third-order valence-electron chi connectivity index (χ3n) is 4.42. The van der Waals surface area contributed by atoms with Gasteiger partial charge in [0.1, 0.15) is 5.65 Å². The lowest BCUT2D eigenvalue weighted by Gasteiger charge is -2.09. The molecule has 0 radical (unpaired) electrons. The number of benzene rings is 1. The fourth-order valence-electron chi connectivity index (χ4n) is 2.82. The van der Waals surface area contributed by atoms with Crippen LogP contribution in [0.25, 0.3) is 17.1 Å². The van der Waals surface area contributed by atoms with Crippen LogP contribution in [0.15, 0.2) is 52.2 Å². The molecule has 0 aliphatic heterocycles. The zero-order valence-electron chi connectivity index (χ0n) is 16.7. The summed E-state index contributed by atoms with van der Waals surface area (Å²) < 4.78 is 7.04. The van der Waals surface area contributed by atoms with Gasteiger partial charge in [0, 0.05) is 32.1 Å². The number of esters is 1. The van der Waals surface area contributed by atoms with Gasteiger partial charge in [0.05, 0.1) is 17.6 Å². The van der Waals surface area contributed by atoms with Gasteiger partial charge in [-0.3, -0.25) is 18.7 Å². The van der Waals surface area contributed by atoms with E-state index in [0.717, 1.165) is 10.1 Å². The van der Waals surface area contributed by atoms with E-state index >= 15 is 0 Å². The fourth-order valence-corrected chi connectivity index (χ4v) is 2.82. The summed E-state index contributed by atoms with van der Waals surface area (Å²) in [7, 11) is 2.88. The first-order valence-electron chi connectivity index (χ1n) is 9.14.